The van der Waals surface area contributed by atoms with E-state index >= 15 is 0 Å². The van der Waals surface area contributed by atoms with Gasteiger partial charge >= 0.3 is 0 Å². The normalized spacial score (nSPS) is 14.4. The van der Waals surface area contributed by atoms with E-state index in [0.29, 0.717) is 5.22 Å². The van der Waals surface area contributed by atoms with Gasteiger partial charge in [0.15, 0.2) is 0 Å². The first-order chi connectivity index (χ1) is 8.70. The summed E-state index contributed by atoms with van der Waals surface area (Å²) in [5, 5.41) is 0.710. The summed E-state index contributed by atoms with van der Waals surface area (Å²) in [4.78, 5) is 8.69. The van der Waals surface area contributed by atoms with Gasteiger partial charge in [-0.2, -0.15) is 0 Å². The topological polar surface area (TPSA) is 64.9 Å². The summed E-state index contributed by atoms with van der Waals surface area (Å²) in [6.07, 6.45) is 4.31. The molecule has 2 heterocycles. The molecule has 0 saturated carbocycles. The van der Waals surface area contributed by atoms with Crippen molar-refractivity contribution in [2.75, 3.05) is 0 Å². The van der Waals surface area contributed by atoms with Gasteiger partial charge in [0.1, 0.15) is 6.26 Å². The summed E-state index contributed by atoms with van der Waals surface area (Å²) in [6, 6.07) is 5.89. The molecule has 0 aliphatic rings. The van der Waals surface area contributed by atoms with Crippen molar-refractivity contribution in [1.82, 2.24) is 9.97 Å². The van der Waals surface area contributed by atoms with Gasteiger partial charge in [0.05, 0.1) is 16.6 Å². The fraction of sp³-hybridized carbons (Fsp3) is 0.385. The van der Waals surface area contributed by atoms with Crippen LogP contribution in [0.4, 0.5) is 0 Å². The van der Waals surface area contributed by atoms with Crippen molar-refractivity contribution < 1.29 is 4.42 Å². The summed E-state index contributed by atoms with van der Waals surface area (Å²) >= 11 is 1.53. The van der Waals surface area contributed by atoms with Crippen molar-refractivity contribution in [1.29, 1.82) is 0 Å². The average molecular weight is 263 g/mol. The van der Waals surface area contributed by atoms with Crippen LogP contribution in [0.25, 0.3) is 0 Å². The minimum atomic E-state index is 0.0251. The van der Waals surface area contributed by atoms with E-state index in [0.717, 1.165) is 17.8 Å². The zero-order valence-corrected chi connectivity index (χ0v) is 11.4. The third-order valence-electron chi connectivity index (χ3n) is 2.67. The second kappa shape index (κ2) is 6.02. The molecule has 0 bridgehead atoms. The molecule has 2 rings (SSSR count). The van der Waals surface area contributed by atoms with Gasteiger partial charge in [-0.1, -0.05) is 24.8 Å². The molecule has 2 atom stereocenters. The predicted octanol–water partition coefficient (Wildman–Crippen LogP) is 2.95. The molecule has 0 saturated heterocycles. The number of nitrogens with two attached hydrogens (primary N) is 1. The van der Waals surface area contributed by atoms with Crippen LogP contribution in [0.15, 0.2) is 40.3 Å². The molecule has 0 amide bonds. The molecule has 4 nitrogen and oxygen atoms in total. The lowest BCUT2D eigenvalue weighted by atomic mass is 10.1. The van der Waals surface area contributed by atoms with Crippen LogP contribution in [-0.2, 0) is 0 Å². The van der Waals surface area contributed by atoms with Crippen molar-refractivity contribution in [2.24, 2.45) is 5.73 Å². The van der Waals surface area contributed by atoms with E-state index in [9.17, 15) is 0 Å². The van der Waals surface area contributed by atoms with Gasteiger partial charge in [0.25, 0.3) is 5.22 Å². The molecule has 0 fully saturated rings. The van der Waals surface area contributed by atoms with Crippen LogP contribution in [0.5, 0.6) is 0 Å². The number of oxazole rings is 1. The number of aromatic nitrogens is 2. The van der Waals surface area contributed by atoms with Crippen LogP contribution in [-0.4, -0.2) is 16.0 Å². The maximum Gasteiger partial charge on any atom is 0.256 e. The summed E-state index contributed by atoms with van der Waals surface area (Å²) in [7, 11) is 0. The number of thioether (sulfide) groups is 1. The van der Waals surface area contributed by atoms with Crippen LogP contribution < -0.4 is 5.73 Å². The number of aryl methyl sites for hydroxylation is 1. The number of hydrogen-bond donors (Lipinski definition) is 1. The average Bonchev–Trinajstić information content (AvgIpc) is 2.82. The summed E-state index contributed by atoms with van der Waals surface area (Å²) in [5.74, 6) is 0. The molecular formula is C13H17N3OS. The standard InChI is InChI=1S/C13H17N3OS/c1-3-10(14)12(11-6-4-5-7-15-11)18-13-16-9(2)8-17-13/h4-8,10,12H,3,14H2,1-2H3. The first kappa shape index (κ1) is 13.1. The fourth-order valence-electron chi connectivity index (χ4n) is 1.62. The third kappa shape index (κ3) is 3.11. The van der Waals surface area contributed by atoms with Gasteiger partial charge in [0.2, 0.25) is 0 Å². The van der Waals surface area contributed by atoms with Gasteiger partial charge in [-0.25, -0.2) is 4.98 Å². The molecule has 2 aromatic heterocycles. The Morgan fingerprint density at radius 1 is 1.44 bits per heavy atom. The zero-order valence-electron chi connectivity index (χ0n) is 10.5. The number of hydrogen-bond acceptors (Lipinski definition) is 5. The summed E-state index contributed by atoms with van der Waals surface area (Å²) < 4.78 is 5.38. The minimum absolute atomic E-state index is 0.0251. The highest BCUT2D eigenvalue weighted by atomic mass is 32.2. The molecule has 2 aromatic rings. The molecule has 0 aliphatic carbocycles. The van der Waals surface area contributed by atoms with Crippen LogP contribution in [0.2, 0.25) is 0 Å². The van der Waals surface area contributed by atoms with Crippen LogP contribution in [0, 0.1) is 6.92 Å². The SMILES string of the molecule is CCC(N)C(Sc1nc(C)co1)c1ccccn1. The van der Waals surface area contributed by atoms with Gasteiger partial charge in [-0.15, -0.1) is 0 Å². The highest BCUT2D eigenvalue weighted by molar-refractivity contribution is 7.99. The molecule has 96 valence electrons. The van der Waals surface area contributed by atoms with Gasteiger partial charge in [-0.3, -0.25) is 4.98 Å². The Labute approximate surface area is 111 Å². The third-order valence-corrected chi connectivity index (χ3v) is 3.90. The Bertz CT molecular complexity index is 486. The van der Waals surface area contributed by atoms with Crippen LogP contribution >= 0.6 is 11.8 Å². The Balaban J connectivity index is 2.21. The highest BCUT2D eigenvalue weighted by Crippen LogP contribution is 2.36. The van der Waals surface area contributed by atoms with E-state index < -0.39 is 0 Å². The van der Waals surface area contributed by atoms with E-state index in [1.54, 1.807) is 12.5 Å². The van der Waals surface area contributed by atoms with E-state index in [-0.39, 0.29) is 11.3 Å². The highest BCUT2D eigenvalue weighted by Gasteiger charge is 2.23. The van der Waals surface area contributed by atoms with E-state index in [1.807, 2.05) is 25.1 Å². The molecular weight excluding hydrogens is 246 g/mol. The Morgan fingerprint density at radius 3 is 2.83 bits per heavy atom. The number of nitrogens with zero attached hydrogens (tertiary/aromatic N) is 2. The second-order valence-corrected chi connectivity index (χ2v) is 5.21. The molecule has 0 aromatic carbocycles. The molecule has 0 radical (unpaired) electrons. The molecule has 2 unspecified atom stereocenters. The van der Waals surface area contributed by atoms with E-state index in [4.69, 9.17) is 10.2 Å². The quantitative estimate of drug-likeness (QED) is 0.840. The van der Waals surface area contributed by atoms with Crippen molar-refractivity contribution in [3.63, 3.8) is 0 Å². The van der Waals surface area contributed by atoms with Gasteiger partial charge in [0, 0.05) is 12.2 Å². The molecule has 0 spiro atoms. The Hall–Kier alpha value is -1.33. The summed E-state index contributed by atoms with van der Waals surface area (Å²) in [6.45, 7) is 3.98. The summed E-state index contributed by atoms with van der Waals surface area (Å²) in [5.41, 5.74) is 8.02. The van der Waals surface area contributed by atoms with Gasteiger partial charge in [-0.05, 0) is 25.5 Å². The molecule has 2 N–H and O–H groups in total. The largest absolute Gasteiger partial charge is 0.440 e. The Kier molecular flexibility index (Phi) is 4.38. The number of pyridine rings is 1. The van der Waals surface area contributed by atoms with Crippen molar-refractivity contribution in [2.45, 2.75) is 36.8 Å². The maximum atomic E-state index is 6.17. The smallest absolute Gasteiger partial charge is 0.256 e. The predicted molar refractivity (Wildman–Crippen MR) is 72.3 cm³/mol. The molecule has 5 heteroatoms. The first-order valence-electron chi connectivity index (χ1n) is 5.96. The lowest BCUT2D eigenvalue weighted by molar-refractivity contribution is 0.451. The maximum absolute atomic E-state index is 6.17. The van der Waals surface area contributed by atoms with E-state index in [2.05, 4.69) is 16.9 Å². The fourth-order valence-corrected chi connectivity index (χ4v) is 2.77. The van der Waals surface area contributed by atoms with Gasteiger partial charge < -0.3 is 10.2 Å². The molecule has 18 heavy (non-hydrogen) atoms. The number of rotatable bonds is 5. The lowest BCUT2D eigenvalue weighted by Gasteiger charge is -2.20. The van der Waals surface area contributed by atoms with Crippen molar-refractivity contribution >= 4 is 11.8 Å². The van der Waals surface area contributed by atoms with Crippen molar-refractivity contribution in [3.05, 3.63) is 42.0 Å². The lowest BCUT2D eigenvalue weighted by Crippen LogP contribution is -2.26. The van der Waals surface area contributed by atoms with Crippen molar-refractivity contribution in [3.8, 4) is 0 Å². The van der Waals surface area contributed by atoms with E-state index in [1.165, 1.54) is 11.8 Å². The Morgan fingerprint density at radius 2 is 2.28 bits per heavy atom. The first-order valence-corrected chi connectivity index (χ1v) is 6.84. The zero-order chi connectivity index (χ0) is 13.0. The van der Waals surface area contributed by atoms with Crippen LogP contribution in [0.3, 0.4) is 0 Å². The monoisotopic (exact) mass is 263 g/mol. The second-order valence-electron chi connectivity index (χ2n) is 4.12. The molecule has 0 aliphatic heterocycles. The van der Waals surface area contributed by atoms with Crippen LogP contribution in [0.1, 0.15) is 30.0 Å². The minimum Gasteiger partial charge on any atom is -0.440 e.